The molecule has 0 spiro atoms. The third-order valence-corrected chi connectivity index (χ3v) is 0.623. The summed E-state index contributed by atoms with van der Waals surface area (Å²) >= 11 is 0. The van der Waals surface area contributed by atoms with Gasteiger partial charge in [0.15, 0.2) is 0 Å². The van der Waals surface area contributed by atoms with Gasteiger partial charge in [0.1, 0.15) is 0 Å². The van der Waals surface area contributed by atoms with Crippen LogP contribution >= 0.6 is 0 Å². The molecule has 102 valence electrons. The van der Waals surface area contributed by atoms with Crippen molar-refractivity contribution in [3.63, 3.8) is 0 Å². The summed E-state index contributed by atoms with van der Waals surface area (Å²) < 4.78 is 63.2. The van der Waals surface area contributed by atoms with Gasteiger partial charge >= 0.3 is 20.8 Å². The molecular formula is C4H14O10S2. The molecule has 0 bridgehead atoms. The molecule has 0 aliphatic heterocycles. The predicted molar refractivity (Wildman–Crippen MR) is 51.7 cm³/mol. The Kier molecular flexibility index (Phi) is 12.9. The summed E-state index contributed by atoms with van der Waals surface area (Å²) in [4.78, 5) is 0. The first-order valence-corrected chi connectivity index (χ1v) is 6.22. The van der Waals surface area contributed by atoms with Crippen molar-refractivity contribution >= 4 is 20.8 Å². The van der Waals surface area contributed by atoms with E-state index in [9.17, 15) is 0 Å². The summed E-state index contributed by atoms with van der Waals surface area (Å²) in [5.41, 5.74) is 0. The molecule has 0 rings (SSSR count). The molecule has 0 aliphatic rings. The Labute approximate surface area is 92.7 Å². The molecule has 0 aliphatic carbocycles. The van der Waals surface area contributed by atoms with Crippen molar-refractivity contribution in [3.8, 4) is 0 Å². The van der Waals surface area contributed by atoms with E-state index in [1.165, 1.54) is 0 Å². The van der Waals surface area contributed by atoms with Gasteiger partial charge in [-0.25, -0.2) is 0 Å². The smallest absolute Gasteiger partial charge is 0.394 e. The van der Waals surface area contributed by atoms with Crippen LogP contribution in [0.15, 0.2) is 0 Å². The number of rotatable bonds is 2. The number of aliphatic hydroxyl groups is 2. The van der Waals surface area contributed by atoms with E-state index in [4.69, 9.17) is 45.3 Å². The van der Waals surface area contributed by atoms with Gasteiger partial charge in [-0.2, -0.15) is 16.8 Å². The van der Waals surface area contributed by atoms with Gasteiger partial charge in [-0.1, -0.05) is 6.92 Å². The zero-order valence-electron chi connectivity index (χ0n) is 8.12. The molecule has 10 nitrogen and oxygen atoms in total. The van der Waals surface area contributed by atoms with Crippen LogP contribution in [0.1, 0.15) is 6.92 Å². The molecule has 0 saturated carbocycles. The second-order valence-corrected chi connectivity index (χ2v) is 4.16. The maximum Gasteiger partial charge on any atom is 0.394 e. The summed E-state index contributed by atoms with van der Waals surface area (Å²) in [5.74, 6) is 0.0463. The van der Waals surface area contributed by atoms with Gasteiger partial charge in [-0.3, -0.25) is 18.2 Å². The molecule has 0 saturated heterocycles. The highest BCUT2D eigenvalue weighted by Gasteiger charge is 1.91. The van der Waals surface area contributed by atoms with E-state index in [2.05, 4.69) is 0 Å². The van der Waals surface area contributed by atoms with Gasteiger partial charge < -0.3 is 10.2 Å². The molecule has 16 heavy (non-hydrogen) atoms. The van der Waals surface area contributed by atoms with Crippen LogP contribution in [0.2, 0.25) is 0 Å². The summed E-state index contributed by atoms with van der Waals surface area (Å²) in [7, 11) is -9.33. The fourth-order valence-corrected chi connectivity index (χ4v) is 0.0577. The van der Waals surface area contributed by atoms with Crippen LogP contribution in [0.5, 0.6) is 0 Å². The summed E-state index contributed by atoms with van der Waals surface area (Å²) in [6, 6.07) is 0. The SMILES string of the molecule is CC(CO)CO.O=S(=O)(O)O.O=S(=O)(O)O. The standard InChI is InChI=1S/C4H10O2.2H2O4S/c1-4(2-5)3-6;2*1-5(2,3)4/h4-6H,2-3H2,1H3;2*(H2,1,2,3,4). The lowest BCUT2D eigenvalue weighted by Crippen LogP contribution is -2.04. The fraction of sp³-hybridized carbons (Fsp3) is 1.00. The lowest BCUT2D eigenvalue weighted by Gasteiger charge is -1.97. The van der Waals surface area contributed by atoms with Crippen molar-refractivity contribution in [2.75, 3.05) is 13.2 Å². The van der Waals surface area contributed by atoms with E-state index in [0.717, 1.165) is 0 Å². The molecule has 12 heteroatoms. The fourth-order valence-electron chi connectivity index (χ4n) is 0.0577. The van der Waals surface area contributed by atoms with Gasteiger partial charge in [-0.15, -0.1) is 0 Å². The van der Waals surface area contributed by atoms with Gasteiger partial charge in [0.05, 0.1) is 0 Å². The molecule has 0 aromatic carbocycles. The Bertz CT molecular complexity index is 278. The Morgan fingerprint density at radius 1 is 0.812 bits per heavy atom. The van der Waals surface area contributed by atoms with E-state index in [1.807, 2.05) is 0 Å². The van der Waals surface area contributed by atoms with E-state index in [1.54, 1.807) is 6.92 Å². The lowest BCUT2D eigenvalue weighted by molar-refractivity contribution is 0.162. The van der Waals surface area contributed by atoms with E-state index < -0.39 is 20.8 Å². The third kappa shape index (κ3) is 163. The maximum atomic E-state index is 8.74. The highest BCUT2D eigenvalue weighted by atomic mass is 32.3. The maximum absolute atomic E-state index is 8.74. The van der Waals surface area contributed by atoms with Gasteiger partial charge in [-0.05, 0) is 0 Å². The Morgan fingerprint density at radius 3 is 0.938 bits per heavy atom. The minimum atomic E-state index is -4.67. The van der Waals surface area contributed by atoms with Crippen LogP contribution in [0.4, 0.5) is 0 Å². The predicted octanol–water partition coefficient (Wildman–Crippen LogP) is -1.70. The average Bonchev–Trinajstić information content (AvgIpc) is 1.96. The van der Waals surface area contributed by atoms with E-state index >= 15 is 0 Å². The Morgan fingerprint density at radius 2 is 0.938 bits per heavy atom. The molecule has 0 unspecified atom stereocenters. The lowest BCUT2D eigenvalue weighted by atomic mass is 10.2. The van der Waals surface area contributed by atoms with Crippen LogP contribution < -0.4 is 0 Å². The van der Waals surface area contributed by atoms with Crippen molar-refractivity contribution in [2.45, 2.75) is 6.92 Å². The topological polar surface area (TPSA) is 190 Å². The van der Waals surface area contributed by atoms with E-state index in [0.29, 0.717) is 0 Å². The largest absolute Gasteiger partial charge is 0.396 e. The Balaban J connectivity index is -0.000000160. The number of aliphatic hydroxyl groups excluding tert-OH is 2. The highest BCUT2D eigenvalue weighted by molar-refractivity contribution is 7.80. The van der Waals surface area contributed by atoms with E-state index in [-0.39, 0.29) is 19.1 Å². The van der Waals surface area contributed by atoms with Gasteiger partial charge in [0, 0.05) is 19.1 Å². The third-order valence-electron chi connectivity index (χ3n) is 0.623. The zero-order valence-corrected chi connectivity index (χ0v) is 9.76. The van der Waals surface area contributed by atoms with Crippen molar-refractivity contribution in [2.24, 2.45) is 5.92 Å². The molecule has 0 fully saturated rings. The minimum absolute atomic E-state index is 0.0463. The van der Waals surface area contributed by atoms with Crippen LogP contribution in [-0.4, -0.2) is 58.5 Å². The minimum Gasteiger partial charge on any atom is -0.396 e. The quantitative estimate of drug-likeness (QED) is 0.319. The first-order valence-electron chi connectivity index (χ1n) is 3.42. The van der Waals surface area contributed by atoms with Crippen LogP contribution in [0.25, 0.3) is 0 Å². The van der Waals surface area contributed by atoms with Crippen molar-refractivity contribution in [3.05, 3.63) is 0 Å². The van der Waals surface area contributed by atoms with Crippen molar-refractivity contribution < 1.29 is 45.3 Å². The van der Waals surface area contributed by atoms with Crippen LogP contribution in [0, 0.1) is 5.92 Å². The van der Waals surface area contributed by atoms with Crippen molar-refractivity contribution in [1.82, 2.24) is 0 Å². The number of hydrogen-bond acceptors (Lipinski definition) is 6. The molecule has 0 heterocycles. The molecule has 0 radical (unpaired) electrons. The van der Waals surface area contributed by atoms with Gasteiger partial charge in [0.2, 0.25) is 0 Å². The summed E-state index contributed by atoms with van der Waals surface area (Å²) in [6.07, 6.45) is 0. The zero-order chi connectivity index (χ0) is 14.0. The Hall–Kier alpha value is -0.340. The summed E-state index contributed by atoms with van der Waals surface area (Å²) in [6.45, 7) is 1.94. The van der Waals surface area contributed by atoms with Crippen molar-refractivity contribution in [1.29, 1.82) is 0 Å². The molecule has 0 aromatic heterocycles. The first-order chi connectivity index (χ1) is 6.81. The molecule has 0 aromatic rings. The number of hydrogen-bond donors (Lipinski definition) is 6. The monoisotopic (exact) mass is 286 g/mol. The normalized spacial score (nSPS) is 11.0. The van der Waals surface area contributed by atoms with Crippen LogP contribution in [0.3, 0.4) is 0 Å². The molecular weight excluding hydrogens is 272 g/mol. The summed E-state index contributed by atoms with van der Waals surface area (Å²) in [5, 5.41) is 16.3. The van der Waals surface area contributed by atoms with Gasteiger partial charge in [0.25, 0.3) is 0 Å². The molecule has 0 amide bonds. The average molecular weight is 286 g/mol. The van der Waals surface area contributed by atoms with Crippen LogP contribution in [-0.2, 0) is 20.8 Å². The highest BCUT2D eigenvalue weighted by Crippen LogP contribution is 1.85. The first kappa shape index (κ1) is 21.0. The second kappa shape index (κ2) is 9.86. The second-order valence-electron chi connectivity index (χ2n) is 2.37. The molecule has 0 atom stereocenters. The molecule has 6 N–H and O–H groups in total.